The average molecular weight is 263 g/mol. The van der Waals surface area contributed by atoms with Gasteiger partial charge in [0.25, 0.3) is 0 Å². The average Bonchev–Trinajstić information content (AvgIpc) is 2.16. The lowest BCUT2D eigenvalue weighted by Gasteiger charge is -2.23. The number of sulfone groups is 1. The zero-order valence-corrected chi connectivity index (χ0v) is 13.0. The molecule has 0 aliphatic carbocycles. The lowest BCUT2D eigenvalue weighted by atomic mass is 9.93. The van der Waals surface area contributed by atoms with Crippen LogP contribution in [0.3, 0.4) is 0 Å². The third kappa shape index (κ3) is 7.04. The van der Waals surface area contributed by atoms with E-state index in [1.54, 1.807) is 13.8 Å². The predicted molar refractivity (Wildman–Crippen MR) is 75.0 cm³/mol. The molecule has 17 heavy (non-hydrogen) atoms. The summed E-state index contributed by atoms with van der Waals surface area (Å²) in [4.78, 5) is 0. The molecule has 104 valence electrons. The van der Waals surface area contributed by atoms with Crippen molar-refractivity contribution in [3.05, 3.63) is 0 Å². The Morgan fingerprint density at radius 1 is 1.00 bits per heavy atom. The van der Waals surface area contributed by atoms with Crippen LogP contribution in [0.1, 0.15) is 48.0 Å². The monoisotopic (exact) mass is 263 g/mol. The Hall–Kier alpha value is -0.0900. The van der Waals surface area contributed by atoms with Gasteiger partial charge in [-0.05, 0) is 38.6 Å². The lowest BCUT2D eigenvalue weighted by Crippen LogP contribution is -2.33. The molecule has 0 saturated heterocycles. The van der Waals surface area contributed by atoms with Gasteiger partial charge in [0.15, 0.2) is 9.84 Å². The van der Waals surface area contributed by atoms with Gasteiger partial charge in [0.2, 0.25) is 0 Å². The van der Waals surface area contributed by atoms with Gasteiger partial charge in [-0.3, -0.25) is 0 Å². The minimum absolute atomic E-state index is 0.256. The van der Waals surface area contributed by atoms with Crippen molar-refractivity contribution in [1.82, 2.24) is 5.32 Å². The van der Waals surface area contributed by atoms with Gasteiger partial charge in [0.05, 0.1) is 11.0 Å². The van der Waals surface area contributed by atoms with Gasteiger partial charge in [-0.25, -0.2) is 8.42 Å². The van der Waals surface area contributed by atoms with Crippen molar-refractivity contribution < 1.29 is 8.42 Å². The maximum absolute atomic E-state index is 11.8. The van der Waals surface area contributed by atoms with Crippen molar-refractivity contribution in [2.45, 2.75) is 59.3 Å². The molecular formula is C13H29NO2S. The third-order valence-corrected chi connectivity index (χ3v) is 5.46. The van der Waals surface area contributed by atoms with E-state index in [0.717, 1.165) is 13.0 Å². The van der Waals surface area contributed by atoms with Gasteiger partial charge >= 0.3 is 0 Å². The smallest absolute Gasteiger partial charge is 0.152 e. The van der Waals surface area contributed by atoms with Crippen LogP contribution in [-0.4, -0.2) is 32.0 Å². The van der Waals surface area contributed by atoms with Crippen LogP contribution < -0.4 is 5.32 Å². The van der Waals surface area contributed by atoms with E-state index in [9.17, 15) is 8.42 Å². The van der Waals surface area contributed by atoms with Crippen molar-refractivity contribution in [3.63, 3.8) is 0 Å². The lowest BCUT2D eigenvalue weighted by molar-refractivity contribution is 0.342. The number of nitrogens with one attached hydrogen (secondary N) is 1. The predicted octanol–water partition coefficient (Wildman–Crippen LogP) is 2.47. The van der Waals surface area contributed by atoms with E-state index in [2.05, 4.69) is 33.0 Å². The van der Waals surface area contributed by atoms with Crippen molar-refractivity contribution in [1.29, 1.82) is 0 Å². The summed E-state index contributed by atoms with van der Waals surface area (Å²) in [6, 6.07) is 0.456. The SMILES string of the molecule is CC(C)NCC(CCS(=O)(=O)C(C)C)C(C)C. The minimum atomic E-state index is -2.89. The van der Waals surface area contributed by atoms with E-state index < -0.39 is 9.84 Å². The highest BCUT2D eigenvalue weighted by Gasteiger charge is 2.20. The molecule has 0 radical (unpaired) electrons. The van der Waals surface area contributed by atoms with Crippen LogP contribution in [0, 0.1) is 11.8 Å². The highest BCUT2D eigenvalue weighted by molar-refractivity contribution is 7.91. The van der Waals surface area contributed by atoms with Gasteiger partial charge < -0.3 is 5.32 Å². The normalized spacial score (nSPS) is 14.9. The van der Waals surface area contributed by atoms with E-state index in [4.69, 9.17) is 0 Å². The van der Waals surface area contributed by atoms with Crippen molar-refractivity contribution >= 4 is 9.84 Å². The molecule has 1 atom stereocenters. The summed E-state index contributed by atoms with van der Waals surface area (Å²) in [6.07, 6.45) is 0.762. The summed E-state index contributed by atoms with van der Waals surface area (Å²) < 4.78 is 23.6. The quantitative estimate of drug-likeness (QED) is 0.732. The molecule has 0 aromatic carbocycles. The molecule has 1 N–H and O–H groups in total. The van der Waals surface area contributed by atoms with Gasteiger partial charge in [0, 0.05) is 6.04 Å². The number of hydrogen-bond acceptors (Lipinski definition) is 3. The second kappa shape index (κ2) is 7.37. The van der Waals surface area contributed by atoms with Crippen LogP contribution in [0.2, 0.25) is 0 Å². The van der Waals surface area contributed by atoms with Gasteiger partial charge in [-0.1, -0.05) is 27.7 Å². The maximum atomic E-state index is 11.8. The summed E-state index contributed by atoms with van der Waals surface area (Å²) in [5, 5.41) is 3.14. The highest BCUT2D eigenvalue weighted by atomic mass is 32.2. The zero-order valence-electron chi connectivity index (χ0n) is 12.2. The van der Waals surface area contributed by atoms with Crippen molar-refractivity contribution in [2.24, 2.45) is 11.8 Å². The van der Waals surface area contributed by atoms with Crippen LogP contribution in [0.4, 0.5) is 0 Å². The first-order valence-electron chi connectivity index (χ1n) is 6.61. The summed E-state index contributed by atoms with van der Waals surface area (Å²) in [6.45, 7) is 13.0. The first-order chi connectivity index (χ1) is 7.66. The van der Waals surface area contributed by atoms with Crippen LogP contribution in [-0.2, 0) is 9.84 Å². The second-order valence-electron chi connectivity index (χ2n) is 5.77. The molecule has 0 heterocycles. The van der Waals surface area contributed by atoms with Crippen LogP contribution >= 0.6 is 0 Å². The molecule has 0 bridgehead atoms. The largest absolute Gasteiger partial charge is 0.314 e. The molecule has 0 aliphatic rings. The van der Waals surface area contributed by atoms with E-state index in [1.165, 1.54) is 0 Å². The molecule has 4 heteroatoms. The second-order valence-corrected chi connectivity index (χ2v) is 8.45. The Kier molecular flexibility index (Phi) is 7.33. The van der Waals surface area contributed by atoms with Gasteiger partial charge in [0.1, 0.15) is 0 Å². The standard InChI is InChI=1S/C13H29NO2S/c1-10(2)13(9-14-11(3)4)7-8-17(15,16)12(5)6/h10-14H,7-9H2,1-6H3. The first-order valence-corrected chi connectivity index (χ1v) is 8.33. The topological polar surface area (TPSA) is 46.2 Å². The van der Waals surface area contributed by atoms with Crippen molar-refractivity contribution in [2.75, 3.05) is 12.3 Å². The fourth-order valence-electron chi connectivity index (χ4n) is 1.61. The Balaban J connectivity index is 4.28. The fraction of sp³-hybridized carbons (Fsp3) is 1.00. The zero-order chi connectivity index (χ0) is 13.6. The molecule has 1 unspecified atom stereocenters. The molecule has 0 aliphatic heterocycles. The van der Waals surface area contributed by atoms with E-state index in [-0.39, 0.29) is 5.25 Å². The van der Waals surface area contributed by atoms with Crippen molar-refractivity contribution in [3.8, 4) is 0 Å². The first kappa shape index (κ1) is 16.9. The molecule has 0 spiro atoms. The molecule has 0 amide bonds. The van der Waals surface area contributed by atoms with E-state index >= 15 is 0 Å². The van der Waals surface area contributed by atoms with Crippen LogP contribution in [0.5, 0.6) is 0 Å². The molecule has 0 aromatic heterocycles. The summed E-state index contributed by atoms with van der Waals surface area (Å²) in [7, 11) is -2.89. The number of rotatable bonds is 8. The van der Waals surface area contributed by atoms with Crippen LogP contribution in [0.25, 0.3) is 0 Å². The number of hydrogen-bond donors (Lipinski definition) is 1. The molecule has 0 fully saturated rings. The summed E-state index contributed by atoms with van der Waals surface area (Å²) in [5.74, 6) is 1.27. The van der Waals surface area contributed by atoms with Gasteiger partial charge in [-0.2, -0.15) is 0 Å². The summed E-state index contributed by atoms with van der Waals surface area (Å²) in [5.41, 5.74) is 0. The Bertz CT molecular complexity index is 295. The van der Waals surface area contributed by atoms with E-state index in [1.807, 2.05) is 0 Å². The minimum Gasteiger partial charge on any atom is -0.314 e. The Labute approximate surface area is 107 Å². The molecular weight excluding hydrogens is 234 g/mol. The fourth-order valence-corrected chi connectivity index (χ4v) is 2.71. The molecule has 3 nitrogen and oxygen atoms in total. The highest BCUT2D eigenvalue weighted by Crippen LogP contribution is 2.17. The third-order valence-electron chi connectivity index (χ3n) is 3.22. The van der Waals surface area contributed by atoms with Crippen LogP contribution in [0.15, 0.2) is 0 Å². The van der Waals surface area contributed by atoms with E-state index in [0.29, 0.717) is 23.6 Å². The Morgan fingerprint density at radius 3 is 1.88 bits per heavy atom. The molecule has 0 saturated carbocycles. The Morgan fingerprint density at radius 2 is 1.53 bits per heavy atom. The summed E-state index contributed by atoms with van der Waals surface area (Å²) >= 11 is 0. The van der Waals surface area contributed by atoms with Gasteiger partial charge in [-0.15, -0.1) is 0 Å². The molecule has 0 rings (SSSR count). The molecule has 0 aromatic rings. The maximum Gasteiger partial charge on any atom is 0.152 e.